The van der Waals surface area contributed by atoms with Gasteiger partial charge >= 0.3 is 0 Å². The molecule has 2 aromatic carbocycles. The van der Waals surface area contributed by atoms with Crippen LogP contribution in [-0.4, -0.2) is 33.7 Å². The molecule has 0 heterocycles. The summed E-state index contributed by atoms with van der Waals surface area (Å²) in [4.78, 5) is 12.1. The molecule has 0 saturated carbocycles. The molecule has 0 bridgehead atoms. The second-order valence-electron chi connectivity index (χ2n) is 6.68. The predicted molar refractivity (Wildman–Crippen MR) is 116 cm³/mol. The number of halogens is 2. The lowest BCUT2D eigenvalue weighted by Gasteiger charge is -2.23. The van der Waals surface area contributed by atoms with E-state index in [-0.39, 0.29) is 24.8 Å². The first kappa shape index (κ1) is 22.5. The monoisotopic (exact) mass is 442 g/mol. The average Bonchev–Trinajstić information content (AvgIpc) is 2.62. The summed E-state index contributed by atoms with van der Waals surface area (Å²) in [6.07, 6.45) is 1.72. The molecule has 1 amide bonds. The Hall–Kier alpha value is -1.76. The second kappa shape index (κ2) is 10.1. The van der Waals surface area contributed by atoms with E-state index in [0.29, 0.717) is 28.7 Å². The second-order valence-corrected chi connectivity index (χ2v) is 9.46. The van der Waals surface area contributed by atoms with Crippen molar-refractivity contribution in [2.75, 3.05) is 23.7 Å². The Morgan fingerprint density at radius 2 is 1.71 bits per heavy atom. The summed E-state index contributed by atoms with van der Waals surface area (Å²) in [5, 5.41) is 3.60. The van der Waals surface area contributed by atoms with E-state index in [2.05, 4.69) is 5.32 Å². The van der Waals surface area contributed by atoms with E-state index >= 15 is 0 Å². The summed E-state index contributed by atoms with van der Waals surface area (Å²) < 4.78 is 25.5. The maximum atomic E-state index is 12.1. The number of hydrogen-bond acceptors (Lipinski definition) is 3. The van der Waals surface area contributed by atoms with Crippen molar-refractivity contribution in [3.63, 3.8) is 0 Å². The largest absolute Gasteiger partial charge is 0.356 e. The maximum absolute atomic E-state index is 12.1. The maximum Gasteiger partial charge on any atom is 0.232 e. The van der Waals surface area contributed by atoms with Crippen molar-refractivity contribution < 1.29 is 13.2 Å². The molecule has 0 aliphatic carbocycles. The number of nitrogens with one attached hydrogen (secondary N) is 1. The first-order valence-electron chi connectivity index (χ1n) is 8.92. The molecule has 0 aliphatic rings. The van der Waals surface area contributed by atoms with Gasteiger partial charge in [-0.1, -0.05) is 60.5 Å². The van der Waals surface area contributed by atoms with Crippen LogP contribution >= 0.6 is 23.2 Å². The van der Waals surface area contributed by atoms with Crippen LogP contribution < -0.4 is 9.62 Å². The topological polar surface area (TPSA) is 66.5 Å². The van der Waals surface area contributed by atoms with Crippen LogP contribution in [-0.2, 0) is 14.8 Å². The van der Waals surface area contributed by atoms with Gasteiger partial charge in [-0.2, -0.15) is 0 Å². The van der Waals surface area contributed by atoms with Crippen molar-refractivity contribution in [2.24, 2.45) is 0 Å². The zero-order chi connectivity index (χ0) is 20.7. The Labute approximate surface area is 176 Å². The van der Waals surface area contributed by atoms with Crippen LogP contribution in [0.15, 0.2) is 48.5 Å². The van der Waals surface area contributed by atoms with Crippen LogP contribution in [0.3, 0.4) is 0 Å². The normalized spacial score (nSPS) is 12.4. The van der Waals surface area contributed by atoms with Crippen LogP contribution in [0.2, 0.25) is 10.0 Å². The van der Waals surface area contributed by atoms with Crippen molar-refractivity contribution in [3.8, 4) is 0 Å². The zero-order valence-electron chi connectivity index (χ0n) is 15.9. The van der Waals surface area contributed by atoms with Gasteiger partial charge in [0.05, 0.1) is 11.9 Å². The third-order valence-electron chi connectivity index (χ3n) is 4.27. The SMILES string of the molecule is CC(CNC(=O)CCCN(c1cc(Cl)cc(Cl)c1)S(C)(=O)=O)c1ccccc1. The molecule has 1 N–H and O–H groups in total. The first-order valence-corrected chi connectivity index (χ1v) is 11.5. The van der Waals surface area contributed by atoms with Crippen molar-refractivity contribution in [1.29, 1.82) is 0 Å². The number of hydrogen-bond donors (Lipinski definition) is 1. The van der Waals surface area contributed by atoms with Gasteiger partial charge < -0.3 is 5.32 Å². The van der Waals surface area contributed by atoms with E-state index < -0.39 is 10.0 Å². The molecule has 0 radical (unpaired) electrons. The van der Waals surface area contributed by atoms with Gasteiger partial charge in [0, 0.05) is 29.6 Å². The summed E-state index contributed by atoms with van der Waals surface area (Å²) in [6.45, 7) is 2.74. The van der Waals surface area contributed by atoms with Gasteiger partial charge in [-0.25, -0.2) is 8.42 Å². The predicted octanol–water partition coefficient (Wildman–Crippen LogP) is 4.46. The smallest absolute Gasteiger partial charge is 0.232 e. The summed E-state index contributed by atoms with van der Waals surface area (Å²) in [6, 6.07) is 14.6. The number of amides is 1. The highest BCUT2D eigenvalue weighted by molar-refractivity contribution is 7.92. The van der Waals surface area contributed by atoms with Gasteiger partial charge in [-0.15, -0.1) is 0 Å². The fraction of sp³-hybridized carbons (Fsp3) is 0.350. The molecule has 1 unspecified atom stereocenters. The summed E-state index contributed by atoms with van der Waals surface area (Å²) >= 11 is 12.0. The molecule has 5 nitrogen and oxygen atoms in total. The molecule has 0 saturated heterocycles. The highest BCUT2D eigenvalue weighted by atomic mass is 35.5. The van der Waals surface area contributed by atoms with Crippen LogP contribution in [0.4, 0.5) is 5.69 Å². The van der Waals surface area contributed by atoms with Gasteiger partial charge in [0.25, 0.3) is 0 Å². The van der Waals surface area contributed by atoms with Crippen LogP contribution in [0.1, 0.15) is 31.2 Å². The lowest BCUT2D eigenvalue weighted by Crippen LogP contribution is -2.32. The highest BCUT2D eigenvalue weighted by Gasteiger charge is 2.19. The molecule has 28 heavy (non-hydrogen) atoms. The van der Waals surface area contributed by atoms with Crippen molar-refractivity contribution in [1.82, 2.24) is 5.32 Å². The van der Waals surface area contributed by atoms with Crippen LogP contribution in [0.5, 0.6) is 0 Å². The van der Waals surface area contributed by atoms with Gasteiger partial charge in [-0.05, 0) is 36.1 Å². The Balaban J connectivity index is 1.89. The van der Waals surface area contributed by atoms with Gasteiger partial charge in [-0.3, -0.25) is 9.10 Å². The molecule has 0 spiro atoms. The van der Waals surface area contributed by atoms with Gasteiger partial charge in [0.15, 0.2) is 0 Å². The molecule has 0 aliphatic heterocycles. The number of sulfonamides is 1. The van der Waals surface area contributed by atoms with E-state index in [4.69, 9.17) is 23.2 Å². The highest BCUT2D eigenvalue weighted by Crippen LogP contribution is 2.27. The third kappa shape index (κ3) is 7.00. The molecule has 152 valence electrons. The quantitative estimate of drug-likeness (QED) is 0.623. The number of rotatable bonds is 9. The first-order chi connectivity index (χ1) is 13.2. The molecule has 0 aromatic heterocycles. The molecule has 8 heteroatoms. The van der Waals surface area contributed by atoms with Crippen molar-refractivity contribution in [2.45, 2.75) is 25.7 Å². The van der Waals surface area contributed by atoms with E-state index in [0.717, 1.165) is 11.8 Å². The fourth-order valence-electron chi connectivity index (χ4n) is 2.81. The lowest BCUT2D eigenvalue weighted by atomic mass is 10.0. The minimum atomic E-state index is -3.53. The van der Waals surface area contributed by atoms with Crippen LogP contribution in [0, 0.1) is 0 Å². The van der Waals surface area contributed by atoms with E-state index in [1.165, 1.54) is 22.5 Å². The summed E-state index contributed by atoms with van der Waals surface area (Å²) in [5.74, 6) is 0.0895. The van der Waals surface area contributed by atoms with Crippen molar-refractivity contribution >= 4 is 44.8 Å². The summed E-state index contributed by atoms with van der Waals surface area (Å²) in [5.41, 5.74) is 1.54. The number of benzene rings is 2. The molecular weight excluding hydrogens is 419 g/mol. The zero-order valence-corrected chi connectivity index (χ0v) is 18.2. The van der Waals surface area contributed by atoms with Crippen molar-refractivity contribution in [3.05, 3.63) is 64.1 Å². The number of carbonyl (C=O) groups excluding carboxylic acids is 1. The molecule has 2 aromatic rings. The van der Waals surface area contributed by atoms with E-state index in [1.54, 1.807) is 0 Å². The molecule has 0 fully saturated rings. The minimum Gasteiger partial charge on any atom is -0.356 e. The molecule has 2 rings (SSSR count). The summed E-state index contributed by atoms with van der Waals surface area (Å²) in [7, 11) is -3.53. The number of carbonyl (C=O) groups is 1. The lowest BCUT2D eigenvalue weighted by molar-refractivity contribution is -0.121. The van der Waals surface area contributed by atoms with E-state index in [1.807, 2.05) is 37.3 Å². The van der Waals surface area contributed by atoms with Gasteiger partial charge in [0.2, 0.25) is 15.9 Å². The van der Waals surface area contributed by atoms with E-state index in [9.17, 15) is 13.2 Å². The Morgan fingerprint density at radius 1 is 1.11 bits per heavy atom. The van der Waals surface area contributed by atoms with Crippen LogP contribution in [0.25, 0.3) is 0 Å². The number of anilines is 1. The Bertz CT molecular complexity index is 885. The number of nitrogens with zero attached hydrogens (tertiary/aromatic N) is 1. The third-order valence-corrected chi connectivity index (χ3v) is 5.91. The Kier molecular flexibility index (Phi) is 8.16. The molecular formula is C20H24Cl2N2O3S. The standard InChI is InChI=1S/C20H24Cl2N2O3S/c1-15(16-7-4-3-5-8-16)14-23-20(25)9-6-10-24(28(2,26)27)19-12-17(21)11-18(22)13-19/h3-5,7-8,11-13,15H,6,9-10,14H2,1-2H3,(H,23,25). The minimum absolute atomic E-state index is 0.111. The molecule has 1 atom stereocenters. The average molecular weight is 443 g/mol. The van der Waals surface area contributed by atoms with Gasteiger partial charge in [0.1, 0.15) is 0 Å². The Morgan fingerprint density at radius 3 is 2.29 bits per heavy atom. The fourth-order valence-corrected chi connectivity index (χ4v) is 4.27.